The van der Waals surface area contributed by atoms with Gasteiger partial charge in [0.05, 0.1) is 26.2 Å². The third-order valence-corrected chi connectivity index (χ3v) is 7.14. The minimum absolute atomic E-state index is 0.0862. The predicted molar refractivity (Wildman–Crippen MR) is 116 cm³/mol. The molecule has 2 atom stereocenters. The van der Waals surface area contributed by atoms with Crippen LogP contribution in [0.25, 0.3) is 0 Å². The summed E-state index contributed by atoms with van der Waals surface area (Å²) in [6, 6.07) is 7.17. The van der Waals surface area contributed by atoms with Gasteiger partial charge in [-0.25, -0.2) is 0 Å². The number of likely N-dealkylation sites (N-methyl/N-ethyl adjacent to an activating group) is 1. The summed E-state index contributed by atoms with van der Waals surface area (Å²) in [5, 5.41) is 1.99. The molecule has 0 N–H and O–H groups in total. The van der Waals surface area contributed by atoms with E-state index in [9.17, 15) is 9.59 Å². The summed E-state index contributed by atoms with van der Waals surface area (Å²) in [7, 11) is 4.91. The van der Waals surface area contributed by atoms with Gasteiger partial charge < -0.3 is 19.3 Å². The molecule has 7 heteroatoms. The molecule has 0 saturated carbocycles. The zero-order valence-corrected chi connectivity index (χ0v) is 18.5. The van der Waals surface area contributed by atoms with Gasteiger partial charge in [-0.1, -0.05) is 18.9 Å². The Balaban J connectivity index is 1.87. The zero-order chi connectivity index (χ0) is 21.3. The number of carbonyl (C=O) groups is 2. The van der Waals surface area contributed by atoms with E-state index in [0.29, 0.717) is 17.1 Å². The lowest BCUT2D eigenvalue weighted by atomic mass is 9.81. The van der Waals surface area contributed by atoms with Crippen molar-refractivity contribution in [1.82, 2.24) is 9.80 Å². The molecule has 160 valence electrons. The molecule has 1 aromatic carbocycles. The van der Waals surface area contributed by atoms with E-state index >= 15 is 0 Å². The highest BCUT2D eigenvalue weighted by Gasteiger charge is 2.45. The maximum atomic E-state index is 13.9. The molecule has 0 aliphatic carbocycles. The Bertz CT molecular complexity index is 920. The normalized spacial score (nSPS) is 21.8. The second kappa shape index (κ2) is 8.68. The number of thiophene rings is 1. The maximum Gasteiger partial charge on any atom is 0.254 e. The highest BCUT2D eigenvalue weighted by molar-refractivity contribution is 7.10. The lowest BCUT2D eigenvalue weighted by Gasteiger charge is -2.41. The average Bonchev–Trinajstić information content (AvgIpc) is 3.15. The van der Waals surface area contributed by atoms with Crippen molar-refractivity contribution in [2.24, 2.45) is 0 Å². The SMILES string of the molecule is COc1cc2c(cc1OC)C(C(=O)N1CCCCCC1)C(c1cccs1)N(C)C2=O. The maximum absolute atomic E-state index is 13.9. The smallest absolute Gasteiger partial charge is 0.254 e. The van der Waals surface area contributed by atoms with Crippen LogP contribution in [0.4, 0.5) is 0 Å². The van der Waals surface area contributed by atoms with Crippen LogP contribution in [0.5, 0.6) is 11.5 Å². The topological polar surface area (TPSA) is 59.1 Å². The molecular weight excluding hydrogens is 400 g/mol. The number of benzene rings is 1. The number of amides is 2. The van der Waals surface area contributed by atoms with Gasteiger partial charge in [0.15, 0.2) is 11.5 Å². The van der Waals surface area contributed by atoms with E-state index in [1.54, 1.807) is 43.6 Å². The van der Waals surface area contributed by atoms with Crippen molar-refractivity contribution in [3.63, 3.8) is 0 Å². The van der Waals surface area contributed by atoms with Gasteiger partial charge in [-0.05, 0) is 42.0 Å². The highest BCUT2D eigenvalue weighted by atomic mass is 32.1. The first-order valence-electron chi connectivity index (χ1n) is 10.4. The van der Waals surface area contributed by atoms with Crippen LogP contribution in [0.3, 0.4) is 0 Å². The van der Waals surface area contributed by atoms with Crippen molar-refractivity contribution >= 4 is 23.2 Å². The summed E-state index contributed by atoms with van der Waals surface area (Å²) < 4.78 is 10.9. The Labute approximate surface area is 181 Å². The summed E-state index contributed by atoms with van der Waals surface area (Å²) in [5.74, 6) is 0.535. The minimum atomic E-state index is -0.473. The number of hydrogen-bond donors (Lipinski definition) is 0. The molecule has 0 spiro atoms. The fourth-order valence-corrected chi connectivity index (χ4v) is 5.52. The van der Waals surface area contributed by atoms with Gasteiger partial charge in [0, 0.05) is 30.6 Å². The van der Waals surface area contributed by atoms with Crippen molar-refractivity contribution in [3.05, 3.63) is 45.6 Å². The van der Waals surface area contributed by atoms with E-state index in [0.717, 1.165) is 49.2 Å². The van der Waals surface area contributed by atoms with Crippen LogP contribution >= 0.6 is 11.3 Å². The first kappa shape index (κ1) is 20.7. The van der Waals surface area contributed by atoms with Gasteiger partial charge in [0.25, 0.3) is 5.91 Å². The van der Waals surface area contributed by atoms with Crippen LogP contribution in [-0.4, -0.2) is 56.0 Å². The van der Waals surface area contributed by atoms with Crippen molar-refractivity contribution in [3.8, 4) is 11.5 Å². The first-order chi connectivity index (χ1) is 14.6. The highest BCUT2D eigenvalue weighted by Crippen LogP contribution is 2.47. The number of rotatable bonds is 4. The number of methoxy groups -OCH3 is 2. The molecule has 0 radical (unpaired) electrons. The molecule has 6 nitrogen and oxygen atoms in total. The summed E-state index contributed by atoms with van der Waals surface area (Å²) in [4.78, 5) is 31.9. The Morgan fingerprint density at radius 1 is 1.07 bits per heavy atom. The van der Waals surface area contributed by atoms with Crippen LogP contribution in [-0.2, 0) is 4.79 Å². The number of likely N-dealkylation sites (tertiary alicyclic amines) is 1. The van der Waals surface area contributed by atoms with Crippen LogP contribution in [0.2, 0.25) is 0 Å². The van der Waals surface area contributed by atoms with E-state index in [1.807, 2.05) is 28.5 Å². The largest absolute Gasteiger partial charge is 0.493 e. The molecule has 3 heterocycles. The fraction of sp³-hybridized carbons (Fsp3) is 0.478. The van der Waals surface area contributed by atoms with Crippen LogP contribution in [0.1, 0.15) is 58.4 Å². The molecule has 0 bridgehead atoms. The van der Waals surface area contributed by atoms with E-state index in [4.69, 9.17) is 9.47 Å². The van der Waals surface area contributed by atoms with Gasteiger partial charge >= 0.3 is 0 Å². The second-order valence-corrected chi connectivity index (χ2v) is 8.87. The molecule has 4 rings (SSSR count). The molecule has 1 aromatic heterocycles. The van der Waals surface area contributed by atoms with Gasteiger partial charge in [0.2, 0.25) is 5.91 Å². The van der Waals surface area contributed by atoms with Crippen LogP contribution in [0.15, 0.2) is 29.6 Å². The summed E-state index contributed by atoms with van der Waals surface area (Å²) >= 11 is 1.58. The Hall–Kier alpha value is -2.54. The Kier molecular flexibility index (Phi) is 5.99. The average molecular weight is 429 g/mol. The molecule has 30 heavy (non-hydrogen) atoms. The van der Waals surface area contributed by atoms with E-state index in [2.05, 4.69) is 0 Å². The van der Waals surface area contributed by atoms with E-state index in [1.165, 1.54) is 0 Å². The minimum Gasteiger partial charge on any atom is -0.493 e. The van der Waals surface area contributed by atoms with Gasteiger partial charge in [-0.3, -0.25) is 9.59 Å². The molecule has 2 unspecified atom stereocenters. The van der Waals surface area contributed by atoms with Gasteiger partial charge in [0.1, 0.15) is 0 Å². The molecule has 2 aliphatic heterocycles. The molecule has 2 aromatic rings. The standard InChI is InChI=1S/C23H28N2O4S/c1-24-21(19-9-8-12-30-19)20(23(27)25-10-6-4-5-7-11-25)15-13-17(28-2)18(29-3)14-16(15)22(24)26/h8-9,12-14,20-21H,4-7,10-11H2,1-3H3. The third kappa shape index (κ3) is 3.55. The zero-order valence-electron chi connectivity index (χ0n) is 17.7. The monoisotopic (exact) mass is 428 g/mol. The first-order valence-corrected chi connectivity index (χ1v) is 11.3. The predicted octanol–water partition coefficient (Wildman–Crippen LogP) is 4.08. The van der Waals surface area contributed by atoms with Gasteiger partial charge in [-0.15, -0.1) is 11.3 Å². The third-order valence-electron chi connectivity index (χ3n) is 6.19. The molecule has 2 aliphatic rings. The van der Waals surface area contributed by atoms with Crippen LogP contribution < -0.4 is 9.47 Å². The Morgan fingerprint density at radius 2 is 1.73 bits per heavy atom. The van der Waals surface area contributed by atoms with E-state index in [-0.39, 0.29) is 17.9 Å². The van der Waals surface area contributed by atoms with E-state index < -0.39 is 5.92 Å². The number of ether oxygens (including phenoxy) is 2. The fourth-order valence-electron chi connectivity index (χ4n) is 4.62. The molecular formula is C23H28N2O4S. The van der Waals surface area contributed by atoms with Gasteiger partial charge in [-0.2, -0.15) is 0 Å². The molecule has 1 fully saturated rings. The van der Waals surface area contributed by atoms with Crippen molar-refractivity contribution in [2.75, 3.05) is 34.4 Å². The number of hydrogen-bond acceptors (Lipinski definition) is 5. The van der Waals surface area contributed by atoms with Crippen molar-refractivity contribution < 1.29 is 19.1 Å². The quantitative estimate of drug-likeness (QED) is 0.736. The number of carbonyl (C=O) groups excluding carboxylic acids is 2. The van der Waals surface area contributed by atoms with Crippen LogP contribution in [0, 0.1) is 0 Å². The summed E-state index contributed by atoms with van der Waals surface area (Å²) in [6.07, 6.45) is 4.36. The lowest BCUT2D eigenvalue weighted by Crippen LogP contribution is -2.47. The van der Waals surface area contributed by atoms with Crippen molar-refractivity contribution in [1.29, 1.82) is 0 Å². The summed E-state index contributed by atoms with van der Waals surface area (Å²) in [6.45, 7) is 1.54. The Morgan fingerprint density at radius 3 is 2.33 bits per heavy atom. The van der Waals surface area contributed by atoms with Crippen molar-refractivity contribution in [2.45, 2.75) is 37.6 Å². The lowest BCUT2D eigenvalue weighted by molar-refractivity contribution is -0.134. The second-order valence-electron chi connectivity index (χ2n) is 7.89. The molecule has 2 amide bonds. The summed E-state index contributed by atoms with van der Waals surface area (Å²) in [5.41, 5.74) is 1.24. The number of nitrogens with zero attached hydrogens (tertiary/aromatic N) is 2. The number of fused-ring (bicyclic) bond motifs is 1. The molecule has 1 saturated heterocycles.